The summed E-state index contributed by atoms with van der Waals surface area (Å²) in [6, 6.07) is 0. The lowest BCUT2D eigenvalue weighted by Crippen LogP contribution is -2.02. The van der Waals surface area contributed by atoms with E-state index in [9.17, 15) is 0 Å². The first-order valence-electron chi connectivity index (χ1n) is 2.63. The van der Waals surface area contributed by atoms with E-state index in [-0.39, 0.29) is 4.95 Å². The molecule has 1 aromatic heterocycles. The van der Waals surface area contributed by atoms with Crippen molar-refractivity contribution in [3.05, 3.63) is 17.4 Å². The van der Waals surface area contributed by atoms with E-state index in [2.05, 4.69) is 21.0 Å². The summed E-state index contributed by atoms with van der Waals surface area (Å²) in [6.07, 6.45) is 3.28. The van der Waals surface area contributed by atoms with Gasteiger partial charge in [0.15, 0.2) is 0 Å². The van der Waals surface area contributed by atoms with Gasteiger partial charge in [0.1, 0.15) is 4.95 Å². The van der Waals surface area contributed by atoms with Crippen LogP contribution in [0.5, 0.6) is 0 Å². The van der Waals surface area contributed by atoms with Gasteiger partial charge >= 0.3 is 0 Å². The van der Waals surface area contributed by atoms with Crippen molar-refractivity contribution in [2.24, 2.45) is 0 Å². The number of hydrogen-bond donors (Lipinski definition) is 0. The van der Waals surface area contributed by atoms with Crippen LogP contribution >= 0.6 is 39.1 Å². The Hall–Kier alpha value is 0.270. The van der Waals surface area contributed by atoms with Crippen LogP contribution in [0.4, 0.5) is 0 Å². The van der Waals surface area contributed by atoms with Crippen molar-refractivity contribution >= 4 is 39.1 Å². The maximum atomic E-state index is 5.61. The highest BCUT2D eigenvalue weighted by Crippen LogP contribution is 2.17. The van der Waals surface area contributed by atoms with Crippen LogP contribution in [0.3, 0.4) is 0 Å². The van der Waals surface area contributed by atoms with Crippen molar-refractivity contribution in [2.75, 3.05) is 5.88 Å². The fourth-order valence-corrected chi connectivity index (χ4v) is 1.05. The number of alkyl halides is 2. The Morgan fingerprint density at radius 2 is 2.50 bits per heavy atom. The molecule has 1 rings (SSSR count). The average Bonchev–Trinajstić information content (AvgIpc) is 2.34. The van der Waals surface area contributed by atoms with Crippen LogP contribution in [0.2, 0.25) is 5.02 Å². The number of aromatic nitrogens is 2. The zero-order valence-corrected chi connectivity index (χ0v) is 8.07. The van der Waals surface area contributed by atoms with Crippen LogP contribution in [0.25, 0.3) is 0 Å². The monoisotopic (exact) mass is 242 g/mol. The predicted molar refractivity (Wildman–Crippen MR) is 45.9 cm³/mol. The minimum Gasteiger partial charge on any atom is -0.256 e. The summed E-state index contributed by atoms with van der Waals surface area (Å²) in [5.41, 5.74) is 0. The Morgan fingerprint density at radius 3 is 2.90 bits per heavy atom. The van der Waals surface area contributed by atoms with E-state index in [0.717, 1.165) is 0 Å². The molecule has 1 unspecified atom stereocenters. The van der Waals surface area contributed by atoms with Gasteiger partial charge in [-0.3, -0.25) is 4.68 Å². The molecule has 10 heavy (non-hydrogen) atoms. The lowest BCUT2D eigenvalue weighted by atomic mass is 10.7. The number of hydrogen-bond acceptors (Lipinski definition) is 1. The third kappa shape index (κ3) is 1.87. The van der Waals surface area contributed by atoms with Gasteiger partial charge in [-0.05, 0) is 0 Å². The number of halogens is 3. The molecule has 1 heterocycles. The second-order valence-corrected chi connectivity index (χ2v) is 3.53. The van der Waals surface area contributed by atoms with Gasteiger partial charge in [0.25, 0.3) is 0 Å². The number of rotatable bonds is 2. The van der Waals surface area contributed by atoms with Gasteiger partial charge in [-0.1, -0.05) is 27.5 Å². The number of nitrogens with zero attached hydrogens (tertiary/aromatic N) is 2. The molecule has 0 aliphatic rings. The second-order valence-electron chi connectivity index (χ2n) is 1.73. The standard InChI is InChI=1S/C5H5BrCl2N2/c6-5(1-7)10-3-4(8)2-9-10/h2-3,5H,1H2. The first kappa shape index (κ1) is 8.37. The van der Waals surface area contributed by atoms with Gasteiger partial charge in [-0.25, -0.2) is 0 Å². The predicted octanol–water partition coefficient (Wildman–Crippen LogP) is 2.67. The summed E-state index contributed by atoms with van der Waals surface area (Å²) in [4.78, 5) is 0.0293. The molecule has 0 aliphatic carbocycles. The van der Waals surface area contributed by atoms with Crippen molar-refractivity contribution in [2.45, 2.75) is 4.95 Å². The minimum absolute atomic E-state index is 0.0293. The van der Waals surface area contributed by atoms with Crippen molar-refractivity contribution in [1.29, 1.82) is 0 Å². The molecule has 1 atom stereocenters. The molecule has 2 nitrogen and oxygen atoms in total. The summed E-state index contributed by atoms with van der Waals surface area (Å²) in [7, 11) is 0. The van der Waals surface area contributed by atoms with Gasteiger partial charge in [-0.2, -0.15) is 5.10 Å². The fraction of sp³-hybridized carbons (Fsp3) is 0.400. The summed E-state index contributed by atoms with van der Waals surface area (Å²) in [5, 5.41) is 4.56. The molecule has 0 aliphatic heterocycles. The zero-order valence-electron chi connectivity index (χ0n) is 4.97. The average molecular weight is 244 g/mol. The topological polar surface area (TPSA) is 17.8 Å². The highest BCUT2D eigenvalue weighted by atomic mass is 79.9. The third-order valence-corrected chi connectivity index (χ3v) is 2.59. The van der Waals surface area contributed by atoms with Crippen LogP contribution in [0, 0.1) is 0 Å². The Bertz CT molecular complexity index is 213. The van der Waals surface area contributed by atoms with Crippen LogP contribution in [-0.4, -0.2) is 15.7 Å². The molecule has 1 aromatic rings. The van der Waals surface area contributed by atoms with E-state index in [1.807, 2.05) is 0 Å². The normalized spacial score (nSPS) is 13.5. The molecule has 0 spiro atoms. The van der Waals surface area contributed by atoms with E-state index in [1.165, 1.54) is 0 Å². The summed E-state index contributed by atoms with van der Waals surface area (Å²) in [6.45, 7) is 0. The van der Waals surface area contributed by atoms with E-state index >= 15 is 0 Å². The molecule has 56 valence electrons. The quantitative estimate of drug-likeness (QED) is 0.731. The summed E-state index contributed by atoms with van der Waals surface area (Å²) in [5.74, 6) is 0.470. The Labute approximate surface area is 77.2 Å². The SMILES string of the molecule is ClCC(Br)n1cc(Cl)cn1. The lowest BCUT2D eigenvalue weighted by molar-refractivity contribution is 0.657. The van der Waals surface area contributed by atoms with Crippen LogP contribution in [-0.2, 0) is 0 Å². The van der Waals surface area contributed by atoms with Gasteiger partial charge in [0, 0.05) is 6.20 Å². The molecular weight excluding hydrogens is 239 g/mol. The van der Waals surface area contributed by atoms with Gasteiger partial charge in [0.05, 0.1) is 17.1 Å². The minimum atomic E-state index is 0.0293. The van der Waals surface area contributed by atoms with Crippen molar-refractivity contribution in [1.82, 2.24) is 9.78 Å². The molecule has 0 fully saturated rings. The summed E-state index contributed by atoms with van der Waals surface area (Å²) >= 11 is 14.5. The van der Waals surface area contributed by atoms with Gasteiger partial charge in [-0.15, -0.1) is 11.6 Å². The largest absolute Gasteiger partial charge is 0.256 e. The smallest absolute Gasteiger partial charge is 0.120 e. The zero-order chi connectivity index (χ0) is 7.56. The molecule has 0 N–H and O–H groups in total. The van der Waals surface area contributed by atoms with E-state index in [1.54, 1.807) is 17.1 Å². The Kier molecular flexibility index (Phi) is 3.01. The Balaban J connectivity index is 2.74. The van der Waals surface area contributed by atoms with E-state index < -0.39 is 0 Å². The van der Waals surface area contributed by atoms with Crippen molar-refractivity contribution in [3.63, 3.8) is 0 Å². The highest BCUT2D eigenvalue weighted by Gasteiger charge is 2.04. The molecular formula is C5H5BrCl2N2. The lowest BCUT2D eigenvalue weighted by Gasteiger charge is -2.03. The molecule has 0 saturated heterocycles. The van der Waals surface area contributed by atoms with Gasteiger partial charge < -0.3 is 0 Å². The maximum Gasteiger partial charge on any atom is 0.120 e. The maximum absolute atomic E-state index is 5.61. The first-order chi connectivity index (χ1) is 4.74. The molecule has 5 heteroatoms. The van der Waals surface area contributed by atoms with Crippen molar-refractivity contribution in [3.8, 4) is 0 Å². The van der Waals surface area contributed by atoms with Crippen molar-refractivity contribution < 1.29 is 0 Å². The molecule has 0 bridgehead atoms. The van der Waals surface area contributed by atoms with Crippen LogP contribution < -0.4 is 0 Å². The molecule has 0 saturated carbocycles. The highest BCUT2D eigenvalue weighted by molar-refractivity contribution is 9.09. The Morgan fingerprint density at radius 1 is 1.80 bits per heavy atom. The van der Waals surface area contributed by atoms with Crippen LogP contribution in [0.1, 0.15) is 4.95 Å². The fourth-order valence-electron chi connectivity index (χ4n) is 0.539. The van der Waals surface area contributed by atoms with Gasteiger partial charge in [0.2, 0.25) is 0 Å². The van der Waals surface area contributed by atoms with E-state index in [0.29, 0.717) is 10.9 Å². The molecule has 0 aromatic carbocycles. The van der Waals surface area contributed by atoms with Crippen LogP contribution in [0.15, 0.2) is 12.4 Å². The summed E-state index contributed by atoms with van der Waals surface area (Å²) < 4.78 is 1.66. The molecule has 0 amide bonds. The third-order valence-electron chi connectivity index (χ3n) is 0.984. The molecule has 0 radical (unpaired) electrons. The second kappa shape index (κ2) is 3.60. The first-order valence-corrected chi connectivity index (χ1v) is 4.46. The van der Waals surface area contributed by atoms with E-state index in [4.69, 9.17) is 23.2 Å².